The maximum Gasteiger partial charge on any atom is 0.321 e. The second-order valence-corrected chi connectivity index (χ2v) is 6.08. The zero-order valence-electron chi connectivity index (χ0n) is 14.8. The quantitative estimate of drug-likeness (QED) is 0.880. The lowest BCUT2D eigenvalue weighted by Crippen LogP contribution is -2.50. The largest absolute Gasteiger partial charge is 0.343 e. The van der Waals surface area contributed by atoms with E-state index in [0.717, 1.165) is 0 Å². The van der Waals surface area contributed by atoms with Crippen LogP contribution in [0.1, 0.15) is 10.5 Å². The summed E-state index contributed by atoms with van der Waals surface area (Å²) in [6.07, 6.45) is 4.92. The number of nitrogens with zero attached hydrogens (tertiary/aromatic N) is 6. The van der Waals surface area contributed by atoms with Crippen molar-refractivity contribution in [2.75, 3.05) is 50.5 Å². The molecule has 0 radical (unpaired) electrons. The van der Waals surface area contributed by atoms with Crippen molar-refractivity contribution in [3.63, 3.8) is 0 Å². The number of amides is 3. The van der Waals surface area contributed by atoms with Gasteiger partial charge in [-0.25, -0.2) is 14.8 Å². The SMILES string of the molecule is CN(C)C(=O)c1cc(NC(=O)N2CCN(c3ncccn3)CC2)ccn1. The molecule has 136 valence electrons. The standard InChI is InChI=1S/C17H21N7O2/c1-22(2)15(25)14-12-13(4-7-18-14)21-17(26)24-10-8-23(9-11-24)16-19-5-3-6-20-16/h3-7,12H,8-11H2,1-2H3,(H,18,21,26). The molecule has 0 aliphatic carbocycles. The highest BCUT2D eigenvalue weighted by molar-refractivity contribution is 5.95. The number of piperazine rings is 1. The summed E-state index contributed by atoms with van der Waals surface area (Å²) in [7, 11) is 3.32. The second kappa shape index (κ2) is 7.77. The summed E-state index contributed by atoms with van der Waals surface area (Å²) in [6, 6.07) is 4.82. The molecule has 3 amide bonds. The molecule has 1 fully saturated rings. The van der Waals surface area contributed by atoms with Gasteiger partial charge in [0.2, 0.25) is 5.95 Å². The van der Waals surface area contributed by atoms with Crippen molar-refractivity contribution in [1.29, 1.82) is 0 Å². The van der Waals surface area contributed by atoms with Gasteiger partial charge in [-0.3, -0.25) is 9.78 Å². The van der Waals surface area contributed by atoms with Crippen LogP contribution in [0.15, 0.2) is 36.8 Å². The first-order valence-electron chi connectivity index (χ1n) is 8.30. The second-order valence-electron chi connectivity index (χ2n) is 6.08. The van der Waals surface area contributed by atoms with E-state index in [-0.39, 0.29) is 11.9 Å². The number of rotatable bonds is 3. The molecule has 9 heteroatoms. The van der Waals surface area contributed by atoms with Gasteiger partial charge in [-0.15, -0.1) is 0 Å². The zero-order valence-corrected chi connectivity index (χ0v) is 14.8. The molecule has 0 atom stereocenters. The predicted molar refractivity (Wildman–Crippen MR) is 97.1 cm³/mol. The number of aromatic nitrogens is 3. The summed E-state index contributed by atoms with van der Waals surface area (Å²) in [5, 5.41) is 2.83. The van der Waals surface area contributed by atoms with E-state index < -0.39 is 0 Å². The summed E-state index contributed by atoms with van der Waals surface area (Å²) < 4.78 is 0. The minimum atomic E-state index is -0.211. The number of carbonyl (C=O) groups is 2. The van der Waals surface area contributed by atoms with Crippen LogP contribution < -0.4 is 10.2 Å². The molecule has 9 nitrogen and oxygen atoms in total. The fourth-order valence-corrected chi connectivity index (χ4v) is 2.62. The summed E-state index contributed by atoms with van der Waals surface area (Å²) >= 11 is 0. The number of nitrogens with one attached hydrogen (secondary N) is 1. The first-order chi connectivity index (χ1) is 12.5. The molecule has 26 heavy (non-hydrogen) atoms. The zero-order chi connectivity index (χ0) is 18.5. The molecule has 2 aromatic heterocycles. The Kier molecular flexibility index (Phi) is 5.26. The average Bonchev–Trinajstić information content (AvgIpc) is 2.68. The van der Waals surface area contributed by atoms with Crippen LogP contribution in [-0.4, -0.2) is 77.0 Å². The fourth-order valence-electron chi connectivity index (χ4n) is 2.62. The third-order valence-corrected chi connectivity index (χ3v) is 4.04. The first kappa shape index (κ1) is 17.6. The number of urea groups is 1. The fraction of sp³-hybridized carbons (Fsp3) is 0.353. The summed E-state index contributed by atoms with van der Waals surface area (Å²) in [4.78, 5) is 42.2. The Bertz CT molecular complexity index is 774. The van der Waals surface area contributed by atoms with Crippen LogP contribution >= 0.6 is 0 Å². The molecule has 1 aliphatic heterocycles. The first-order valence-corrected chi connectivity index (χ1v) is 8.30. The number of pyridine rings is 1. The Hall–Kier alpha value is -3.23. The Labute approximate surface area is 151 Å². The van der Waals surface area contributed by atoms with Gasteiger partial charge in [0.25, 0.3) is 5.91 Å². The minimum Gasteiger partial charge on any atom is -0.343 e. The van der Waals surface area contributed by atoms with E-state index in [1.807, 2.05) is 4.90 Å². The molecular weight excluding hydrogens is 334 g/mol. The van der Waals surface area contributed by atoms with Crippen LogP contribution in [0.3, 0.4) is 0 Å². The van der Waals surface area contributed by atoms with Crippen molar-refractivity contribution in [1.82, 2.24) is 24.8 Å². The molecule has 3 rings (SSSR count). The lowest BCUT2D eigenvalue weighted by atomic mass is 10.3. The maximum atomic E-state index is 12.5. The highest BCUT2D eigenvalue weighted by Gasteiger charge is 2.22. The highest BCUT2D eigenvalue weighted by atomic mass is 16.2. The summed E-state index contributed by atoms with van der Waals surface area (Å²) in [6.45, 7) is 2.47. The molecule has 2 aromatic rings. The van der Waals surface area contributed by atoms with Gasteiger partial charge < -0.3 is 20.0 Å². The normalized spacial score (nSPS) is 14.1. The number of hydrogen-bond acceptors (Lipinski definition) is 6. The Morgan fingerprint density at radius 3 is 2.38 bits per heavy atom. The molecule has 0 spiro atoms. The van der Waals surface area contributed by atoms with E-state index in [1.165, 1.54) is 11.1 Å². The molecule has 0 unspecified atom stereocenters. The van der Waals surface area contributed by atoms with E-state index in [1.54, 1.807) is 49.6 Å². The van der Waals surface area contributed by atoms with E-state index >= 15 is 0 Å². The van der Waals surface area contributed by atoms with Gasteiger partial charge in [-0.1, -0.05) is 0 Å². The monoisotopic (exact) mass is 355 g/mol. The van der Waals surface area contributed by atoms with Crippen LogP contribution in [0.25, 0.3) is 0 Å². The van der Waals surface area contributed by atoms with E-state index in [4.69, 9.17) is 0 Å². The third kappa shape index (κ3) is 4.05. The van der Waals surface area contributed by atoms with Crippen LogP contribution in [0.5, 0.6) is 0 Å². The van der Waals surface area contributed by atoms with Gasteiger partial charge in [-0.05, 0) is 18.2 Å². The third-order valence-electron chi connectivity index (χ3n) is 4.04. The Morgan fingerprint density at radius 1 is 1.04 bits per heavy atom. The maximum absolute atomic E-state index is 12.5. The van der Waals surface area contributed by atoms with E-state index in [9.17, 15) is 9.59 Å². The van der Waals surface area contributed by atoms with E-state index in [0.29, 0.717) is 43.5 Å². The number of anilines is 2. The molecule has 0 bridgehead atoms. The molecular formula is C17H21N7O2. The van der Waals surface area contributed by atoms with Crippen LogP contribution in [0.4, 0.5) is 16.4 Å². The summed E-state index contributed by atoms with van der Waals surface area (Å²) in [5.41, 5.74) is 0.836. The Morgan fingerprint density at radius 2 is 1.73 bits per heavy atom. The van der Waals surface area contributed by atoms with E-state index in [2.05, 4.69) is 20.3 Å². The lowest BCUT2D eigenvalue weighted by molar-refractivity contribution is 0.0822. The van der Waals surface area contributed by atoms with Gasteiger partial charge in [0.15, 0.2) is 0 Å². The van der Waals surface area contributed by atoms with Crippen molar-refractivity contribution < 1.29 is 9.59 Å². The van der Waals surface area contributed by atoms with Crippen molar-refractivity contribution in [3.8, 4) is 0 Å². The summed E-state index contributed by atoms with van der Waals surface area (Å²) in [5.74, 6) is 0.464. The van der Waals surface area contributed by atoms with Gasteiger partial charge in [-0.2, -0.15) is 0 Å². The molecule has 3 heterocycles. The molecule has 1 N–H and O–H groups in total. The smallest absolute Gasteiger partial charge is 0.321 e. The molecule has 1 aliphatic rings. The van der Waals surface area contributed by atoms with Gasteiger partial charge in [0.1, 0.15) is 5.69 Å². The Balaban J connectivity index is 1.58. The number of carbonyl (C=O) groups excluding carboxylic acids is 2. The predicted octanol–water partition coefficient (Wildman–Crippen LogP) is 0.927. The van der Waals surface area contributed by atoms with Gasteiger partial charge in [0.05, 0.1) is 0 Å². The lowest BCUT2D eigenvalue weighted by Gasteiger charge is -2.34. The van der Waals surface area contributed by atoms with Crippen molar-refractivity contribution in [2.24, 2.45) is 0 Å². The van der Waals surface area contributed by atoms with Crippen molar-refractivity contribution >= 4 is 23.6 Å². The van der Waals surface area contributed by atoms with Gasteiger partial charge >= 0.3 is 6.03 Å². The van der Waals surface area contributed by atoms with Crippen molar-refractivity contribution in [2.45, 2.75) is 0 Å². The van der Waals surface area contributed by atoms with Crippen LogP contribution in [0.2, 0.25) is 0 Å². The van der Waals surface area contributed by atoms with Gasteiger partial charge in [0, 0.05) is 64.6 Å². The average molecular weight is 355 g/mol. The molecule has 0 aromatic carbocycles. The highest BCUT2D eigenvalue weighted by Crippen LogP contribution is 2.13. The topological polar surface area (TPSA) is 94.6 Å². The van der Waals surface area contributed by atoms with Crippen molar-refractivity contribution in [3.05, 3.63) is 42.5 Å². The van der Waals surface area contributed by atoms with Crippen LogP contribution in [0, 0.1) is 0 Å². The number of hydrogen-bond donors (Lipinski definition) is 1. The van der Waals surface area contributed by atoms with Crippen LogP contribution in [-0.2, 0) is 0 Å². The molecule has 1 saturated heterocycles. The molecule has 0 saturated carbocycles. The minimum absolute atomic E-state index is 0.201.